The molecule has 2 aromatic rings. The summed E-state index contributed by atoms with van der Waals surface area (Å²) in [6.07, 6.45) is 1.81. The first-order valence-corrected chi connectivity index (χ1v) is 15.0. The minimum atomic E-state index is -2.15. The largest absolute Gasteiger partial charge is 0.504 e. The summed E-state index contributed by atoms with van der Waals surface area (Å²) >= 11 is 14.7. The Bertz CT molecular complexity index is 1600. The van der Waals surface area contributed by atoms with Crippen molar-refractivity contribution >= 4 is 52.5 Å². The molecule has 6 atom stereocenters. The molecule has 8 nitrogen and oxygen atoms in total. The normalized spacial score (nSPS) is 32.0. The number of amides is 4. The monoisotopic (exact) mass is 628 g/mol. The second-order valence-corrected chi connectivity index (χ2v) is 13.8. The maximum Gasteiger partial charge on any atom is 0.258 e. The van der Waals surface area contributed by atoms with Gasteiger partial charge in [0.25, 0.3) is 11.8 Å². The third-order valence-electron chi connectivity index (χ3n) is 9.21. The molecule has 0 radical (unpaired) electrons. The van der Waals surface area contributed by atoms with Crippen molar-refractivity contribution in [2.24, 2.45) is 17.8 Å². The van der Waals surface area contributed by atoms with Gasteiger partial charge in [-0.25, -0.2) is 9.29 Å². The first-order valence-electron chi connectivity index (χ1n) is 14.2. The van der Waals surface area contributed by atoms with E-state index in [0.29, 0.717) is 5.57 Å². The lowest BCUT2D eigenvalue weighted by Crippen LogP contribution is -2.60. The van der Waals surface area contributed by atoms with Gasteiger partial charge < -0.3 is 9.84 Å². The first-order chi connectivity index (χ1) is 20.2. The van der Waals surface area contributed by atoms with Crippen LogP contribution in [0.15, 0.2) is 54.1 Å². The zero-order valence-electron chi connectivity index (χ0n) is 24.1. The highest BCUT2D eigenvalue weighted by Crippen LogP contribution is 2.67. The zero-order valence-corrected chi connectivity index (χ0v) is 25.6. The van der Waals surface area contributed by atoms with Gasteiger partial charge in [-0.1, -0.05) is 23.8 Å². The Hall–Kier alpha value is -3.43. The van der Waals surface area contributed by atoms with E-state index in [2.05, 4.69) is 0 Å². The molecule has 1 saturated carbocycles. The summed E-state index contributed by atoms with van der Waals surface area (Å²) in [6, 6.07) is 9.59. The molecule has 4 aliphatic rings. The van der Waals surface area contributed by atoms with E-state index in [9.17, 15) is 28.7 Å². The van der Waals surface area contributed by atoms with Gasteiger partial charge in [0.15, 0.2) is 21.2 Å². The summed E-state index contributed by atoms with van der Waals surface area (Å²) in [5.74, 6) is -6.45. The number of phenolic OH excluding ortho intramolecular Hbond substituents is 1. The Balaban J connectivity index is 1.58. The van der Waals surface area contributed by atoms with Gasteiger partial charge in [0.2, 0.25) is 11.8 Å². The summed E-state index contributed by atoms with van der Waals surface area (Å²) < 4.78 is 19.4. The highest BCUT2D eigenvalue weighted by atomic mass is 35.5. The predicted molar refractivity (Wildman–Crippen MR) is 157 cm³/mol. The fraction of sp³-hybridized carbons (Fsp3) is 0.438. The second kappa shape index (κ2) is 9.79. The van der Waals surface area contributed by atoms with E-state index in [4.69, 9.17) is 27.9 Å². The van der Waals surface area contributed by atoms with Crippen molar-refractivity contribution in [3.8, 4) is 11.5 Å². The van der Waals surface area contributed by atoms with Gasteiger partial charge in [-0.2, -0.15) is 0 Å². The molecule has 6 rings (SSSR count). The number of nitrogens with zero attached hydrogens (tertiary/aromatic N) is 2. The van der Waals surface area contributed by atoms with Gasteiger partial charge in [0.05, 0.1) is 24.1 Å². The molecular weight excluding hydrogens is 598 g/mol. The molecule has 3 fully saturated rings. The molecule has 2 aliphatic carbocycles. The molecule has 6 unspecified atom stereocenters. The average Bonchev–Trinajstić information content (AvgIpc) is 3.29. The van der Waals surface area contributed by atoms with Crippen LogP contribution in [0.5, 0.6) is 11.5 Å². The van der Waals surface area contributed by atoms with Crippen molar-refractivity contribution in [3.05, 3.63) is 65.5 Å². The number of phenols is 1. The molecule has 2 aliphatic heterocycles. The van der Waals surface area contributed by atoms with Crippen molar-refractivity contribution in [3.63, 3.8) is 0 Å². The number of carbonyl (C=O) groups excluding carboxylic acids is 4. The van der Waals surface area contributed by atoms with Crippen molar-refractivity contribution in [1.82, 2.24) is 4.90 Å². The number of benzene rings is 2. The lowest BCUT2D eigenvalue weighted by atomic mass is 9.56. The minimum absolute atomic E-state index is 0.0812. The van der Waals surface area contributed by atoms with Crippen LogP contribution in [0.1, 0.15) is 52.0 Å². The molecule has 2 saturated heterocycles. The fourth-order valence-corrected chi connectivity index (χ4v) is 8.38. The van der Waals surface area contributed by atoms with Crippen molar-refractivity contribution in [1.29, 1.82) is 0 Å². The number of alkyl halides is 2. The lowest BCUT2D eigenvalue weighted by Gasteiger charge is -2.50. The number of anilines is 1. The zero-order chi connectivity index (χ0) is 31.2. The van der Waals surface area contributed by atoms with Gasteiger partial charge in [-0.3, -0.25) is 24.1 Å². The third kappa shape index (κ3) is 3.93. The van der Waals surface area contributed by atoms with Crippen LogP contribution in [-0.2, 0) is 19.2 Å². The summed E-state index contributed by atoms with van der Waals surface area (Å²) in [5, 5.41) is 11.4. The first kappa shape index (κ1) is 29.6. The van der Waals surface area contributed by atoms with Crippen LogP contribution >= 0.6 is 23.2 Å². The summed E-state index contributed by atoms with van der Waals surface area (Å²) in [4.78, 5) is 54.1. The van der Waals surface area contributed by atoms with Crippen molar-refractivity contribution in [2.45, 2.75) is 61.7 Å². The number of likely N-dealkylation sites (tertiary alicyclic amines) is 1. The van der Waals surface area contributed by atoms with Gasteiger partial charge in [-0.05, 0) is 76.8 Å². The molecule has 43 heavy (non-hydrogen) atoms. The number of hydrogen-bond acceptors (Lipinski definition) is 6. The number of allylic oxidation sites excluding steroid dienone is 2. The van der Waals surface area contributed by atoms with Crippen LogP contribution < -0.4 is 9.64 Å². The van der Waals surface area contributed by atoms with Gasteiger partial charge >= 0.3 is 0 Å². The molecule has 1 N–H and O–H groups in total. The SMILES string of the molecule is CCOc1cccc(C2C3=CCC4C(=O)N(C(C)(C)C)C(=O)C4C3CC3(Cl)C(=O)N(c4ccc(F)cc4)C(=O)C23Cl)c1O. The Morgan fingerprint density at radius 1 is 1.00 bits per heavy atom. The number of halogens is 3. The summed E-state index contributed by atoms with van der Waals surface area (Å²) in [5.41, 5.74) is 0.0530. The number of para-hydroxylation sites is 1. The van der Waals surface area contributed by atoms with E-state index < -0.39 is 56.6 Å². The number of imide groups is 2. The van der Waals surface area contributed by atoms with E-state index >= 15 is 0 Å². The predicted octanol–water partition coefficient (Wildman–Crippen LogP) is 5.29. The number of ether oxygens (including phenoxy) is 1. The standard InChI is InChI=1S/C32H31Cl2FN2O6/c1-5-43-22-8-6-7-20(25(22)38)24-18-13-14-19-23(27(40)37(26(19)39)30(2,3)4)21(18)15-31(33)28(41)36(29(42)32(24,31)34)17-11-9-16(35)10-12-17/h6-13,19,21,23-24,38H,5,14-15H2,1-4H3. The van der Waals surface area contributed by atoms with Crippen LogP contribution in [0.25, 0.3) is 0 Å². The number of hydrogen-bond donors (Lipinski definition) is 1. The quantitative estimate of drug-likeness (QED) is 0.280. The van der Waals surface area contributed by atoms with Crippen LogP contribution in [-0.4, -0.2) is 55.5 Å². The highest BCUT2D eigenvalue weighted by Gasteiger charge is 2.77. The Morgan fingerprint density at radius 2 is 1.67 bits per heavy atom. The Morgan fingerprint density at radius 3 is 2.30 bits per heavy atom. The maximum absolute atomic E-state index is 14.4. The van der Waals surface area contributed by atoms with E-state index in [1.54, 1.807) is 52.0 Å². The maximum atomic E-state index is 14.4. The third-order valence-corrected chi connectivity index (χ3v) is 10.6. The number of fused-ring (bicyclic) bond motifs is 4. The highest BCUT2D eigenvalue weighted by molar-refractivity contribution is 6.58. The Labute approximate surface area is 258 Å². The van der Waals surface area contributed by atoms with Crippen LogP contribution in [0.4, 0.5) is 10.1 Å². The molecule has 0 spiro atoms. The van der Waals surface area contributed by atoms with Gasteiger partial charge in [0, 0.05) is 17.0 Å². The smallest absolute Gasteiger partial charge is 0.258 e. The van der Waals surface area contributed by atoms with Crippen molar-refractivity contribution < 1.29 is 33.4 Å². The minimum Gasteiger partial charge on any atom is -0.504 e. The van der Waals surface area contributed by atoms with E-state index in [1.165, 1.54) is 17.0 Å². The van der Waals surface area contributed by atoms with E-state index in [-0.39, 0.29) is 54.0 Å². The molecule has 226 valence electrons. The topological polar surface area (TPSA) is 104 Å². The molecule has 11 heteroatoms. The van der Waals surface area contributed by atoms with Crippen LogP contribution in [0, 0.1) is 23.6 Å². The molecule has 2 heterocycles. The molecule has 4 amide bonds. The summed E-state index contributed by atoms with van der Waals surface area (Å²) in [7, 11) is 0. The number of carbonyl (C=O) groups is 4. The van der Waals surface area contributed by atoms with Gasteiger partial charge in [0.1, 0.15) is 5.82 Å². The van der Waals surface area contributed by atoms with Crippen LogP contribution in [0.3, 0.4) is 0 Å². The van der Waals surface area contributed by atoms with Gasteiger partial charge in [-0.15, -0.1) is 23.2 Å². The number of aromatic hydroxyl groups is 1. The second-order valence-electron chi connectivity index (χ2n) is 12.6. The summed E-state index contributed by atoms with van der Waals surface area (Å²) in [6.45, 7) is 7.34. The lowest BCUT2D eigenvalue weighted by molar-refractivity contribution is -0.145. The molecule has 0 aromatic heterocycles. The number of rotatable bonds is 4. The van der Waals surface area contributed by atoms with E-state index in [0.717, 1.165) is 17.0 Å². The van der Waals surface area contributed by atoms with Crippen LogP contribution in [0.2, 0.25) is 0 Å². The molecular formula is C32H31Cl2FN2O6. The Kier molecular flexibility index (Phi) is 6.75. The average molecular weight is 630 g/mol. The van der Waals surface area contributed by atoms with Crippen molar-refractivity contribution in [2.75, 3.05) is 11.5 Å². The van der Waals surface area contributed by atoms with E-state index in [1.807, 2.05) is 0 Å². The molecule has 0 bridgehead atoms. The fourth-order valence-electron chi connectivity index (χ4n) is 7.45. The molecule has 2 aromatic carbocycles.